The van der Waals surface area contributed by atoms with E-state index >= 15 is 0 Å². The second-order valence-electron chi connectivity index (χ2n) is 4.22. The first-order valence-corrected chi connectivity index (χ1v) is 8.70. The van der Waals surface area contributed by atoms with Crippen LogP contribution in [-0.2, 0) is 9.84 Å². The van der Waals surface area contributed by atoms with Gasteiger partial charge in [0.25, 0.3) is 5.22 Å². The van der Waals surface area contributed by atoms with Gasteiger partial charge in [0.05, 0.1) is 5.75 Å². The number of hydrogen-bond acceptors (Lipinski definition) is 6. The van der Waals surface area contributed by atoms with E-state index in [-0.39, 0.29) is 5.75 Å². The largest absolute Gasteiger partial charge is 0.411 e. The minimum absolute atomic E-state index is 0.0971. The molecule has 19 heavy (non-hydrogen) atoms. The summed E-state index contributed by atoms with van der Waals surface area (Å²) in [6.07, 6.45) is 1.21. The Labute approximate surface area is 116 Å². The molecular weight excluding hydrogens is 284 g/mol. The van der Waals surface area contributed by atoms with Crippen LogP contribution in [0.5, 0.6) is 0 Å². The maximum Gasteiger partial charge on any atom is 0.276 e. The van der Waals surface area contributed by atoms with Gasteiger partial charge in [-0.2, -0.15) is 0 Å². The summed E-state index contributed by atoms with van der Waals surface area (Å²) in [5.41, 5.74) is 2.01. The number of thioether (sulfide) groups is 1. The summed E-state index contributed by atoms with van der Waals surface area (Å²) in [6, 6.07) is 7.76. The lowest BCUT2D eigenvalue weighted by Crippen LogP contribution is -2.04. The molecule has 0 saturated heterocycles. The molecule has 0 amide bonds. The highest BCUT2D eigenvalue weighted by molar-refractivity contribution is 8.00. The van der Waals surface area contributed by atoms with E-state index in [1.807, 2.05) is 31.2 Å². The molecule has 1 aromatic carbocycles. The predicted octanol–water partition coefficient (Wildman–Crippen LogP) is 2.18. The number of rotatable bonds is 5. The van der Waals surface area contributed by atoms with Crippen molar-refractivity contribution in [1.29, 1.82) is 0 Å². The molecule has 0 fully saturated rings. The highest BCUT2D eigenvalue weighted by Gasteiger charge is 2.10. The van der Waals surface area contributed by atoms with E-state index in [2.05, 4.69) is 10.2 Å². The van der Waals surface area contributed by atoms with E-state index in [0.717, 1.165) is 11.1 Å². The van der Waals surface area contributed by atoms with Crippen molar-refractivity contribution in [2.75, 3.05) is 17.8 Å². The Hall–Kier alpha value is -1.34. The van der Waals surface area contributed by atoms with E-state index in [9.17, 15) is 8.42 Å². The molecule has 0 radical (unpaired) electrons. The van der Waals surface area contributed by atoms with E-state index in [1.54, 1.807) is 0 Å². The molecule has 0 bridgehead atoms. The van der Waals surface area contributed by atoms with Crippen LogP contribution >= 0.6 is 11.8 Å². The third-order valence-corrected chi connectivity index (χ3v) is 4.41. The van der Waals surface area contributed by atoms with Crippen LogP contribution in [0.1, 0.15) is 5.56 Å². The van der Waals surface area contributed by atoms with Gasteiger partial charge in [0, 0.05) is 17.6 Å². The second kappa shape index (κ2) is 5.75. The zero-order valence-electron chi connectivity index (χ0n) is 10.7. The van der Waals surface area contributed by atoms with Crippen LogP contribution in [-0.4, -0.2) is 36.4 Å². The Bertz CT molecular complexity index is 648. The third-order valence-electron chi connectivity index (χ3n) is 2.38. The average Bonchev–Trinajstić information content (AvgIpc) is 2.77. The summed E-state index contributed by atoms with van der Waals surface area (Å²) in [5, 5.41) is 8.22. The lowest BCUT2D eigenvalue weighted by Gasteiger charge is -1.96. The van der Waals surface area contributed by atoms with Gasteiger partial charge in [0.15, 0.2) is 0 Å². The van der Waals surface area contributed by atoms with Gasteiger partial charge >= 0.3 is 0 Å². The van der Waals surface area contributed by atoms with Crippen molar-refractivity contribution in [3.05, 3.63) is 29.8 Å². The van der Waals surface area contributed by atoms with Gasteiger partial charge in [-0.1, -0.05) is 29.5 Å². The normalized spacial score (nSPS) is 11.7. The summed E-state index contributed by atoms with van der Waals surface area (Å²) in [5.74, 6) is 0.954. The smallest absolute Gasteiger partial charge is 0.276 e. The van der Waals surface area contributed by atoms with E-state index in [1.165, 1.54) is 18.0 Å². The quantitative estimate of drug-likeness (QED) is 0.788. The zero-order valence-corrected chi connectivity index (χ0v) is 12.3. The number of sulfone groups is 1. The fraction of sp³-hybridized carbons (Fsp3) is 0.333. The number of nitrogens with zero attached hydrogens (tertiary/aromatic N) is 2. The molecule has 0 aliphatic heterocycles. The number of benzene rings is 1. The number of aryl methyl sites for hydroxylation is 1. The number of hydrogen-bond donors (Lipinski definition) is 0. The van der Waals surface area contributed by atoms with Crippen LogP contribution in [0.4, 0.5) is 0 Å². The van der Waals surface area contributed by atoms with Gasteiger partial charge in [0.2, 0.25) is 5.89 Å². The topological polar surface area (TPSA) is 73.1 Å². The Balaban J connectivity index is 2.01. The first-order chi connectivity index (χ1) is 8.94. The first-order valence-electron chi connectivity index (χ1n) is 5.65. The van der Waals surface area contributed by atoms with Crippen molar-refractivity contribution in [3.63, 3.8) is 0 Å². The summed E-state index contributed by atoms with van der Waals surface area (Å²) >= 11 is 1.25. The lowest BCUT2D eigenvalue weighted by atomic mass is 10.1. The molecule has 2 aromatic rings. The van der Waals surface area contributed by atoms with Gasteiger partial charge < -0.3 is 4.42 Å². The molecule has 1 aromatic heterocycles. The SMILES string of the molecule is Cc1ccc(-c2nnc(SCCS(C)(=O)=O)o2)cc1. The fourth-order valence-corrected chi connectivity index (χ4v) is 3.32. The van der Waals surface area contributed by atoms with Crippen LogP contribution in [0.3, 0.4) is 0 Å². The van der Waals surface area contributed by atoms with Crippen molar-refractivity contribution in [3.8, 4) is 11.5 Å². The van der Waals surface area contributed by atoms with Crippen LogP contribution in [0.15, 0.2) is 33.9 Å². The maximum atomic E-state index is 11.0. The standard InChI is InChI=1S/C12H14N2O3S2/c1-9-3-5-10(6-4-9)11-13-14-12(17-11)18-7-8-19(2,15)16/h3-6H,7-8H2,1-2H3. The highest BCUT2D eigenvalue weighted by atomic mass is 32.2. The minimum atomic E-state index is -2.96. The van der Waals surface area contributed by atoms with Crippen molar-refractivity contribution in [2.24, 2.45) is 0 Å². The molecule has 1 heterocycles. The molecule has 5 nitrogen and oxygen atoms in total. The predicted molar refractivity (Wildman–Crippen MR) is 74.9 cm³/mol. The first kappa shape index (κ1) is 14.1. The van der Waals surface area contributed by atoms with E-state index < -0.39 is 9.84 Å². The summed E-state index contributed by atoms with van der Waals surface area (Å²) in [7, 11) is -2.96. The molecule has 7 heteroatoms. The van der Waals surface area contributed by atoms with Gasteiger partial charge in [-0.25, -0.2) is 8.42 Å². The molecule has 0 aliphatic rings. The Morgan fingerprint density at radius 1 is 1.21 bits per heavy atom. The van der Waals surface area contributed by atoms with Crippen LogP contribution in [0.2, 0.25) is 0 Å². The third kappa shape index (κ3) is 4.36. The second-order valence-corrected chi connectivity index (χ2v) is 7.52. The average molecular weight is 298 g/mol. The van der Waals surface area contributed by atoms with Crippen LogP contribution in [0, 0.1) is 6.92 Å². The fourth-order valence-electron chi connectivity index (χ4n) is 1.36. The monoisotopic (exact) mass is 298 g/mol. The van der Waals surface area contributed by atoms with Gasteiger partial charge in [-0.3, -0.25) is 0 Å². The summed E-state index contributed by atoms with van der Waals surface area (Å²) in [4.78, 5) is 0. The van der Waals surface area contributed by atoms with Crippen LogP contribution in [0.25, 0.3) is 11.5 Å². The maximum absolute atomic E-state index is 11.0. The Morgan fingerprint density at radius 2 is 1.89 bits per heavy atom. The Kier molecular flexibility index (Phi) is 4.26. The van der Waals surface area contributed by atoms with Crippen molar-refractivity contribution < 1.29 is 12.8 Å². The van der Waals surface area contributed by atoms with E-state index in [4.69, 9.17) is 4.42 Å². The molecular formula is C12H14N2O3S2. The molecule has 0 unspecified atom stereocenters. The Morgan fingerprint density at radius 3 is 2.53 bits per heavy atom. The summed E-state index contributed by atoms with van der Waals surface area (Å²) in [6.45, 7) is 2.00. The lowest BCUT2D eigenvalue weighted by molar-refractivity contribution is 0.466. The van der Waals surface area contributed by atoms with Gasteiger partial charge in [-0.15, -0.1) is 10.2 Å². The van der Waals surface area contributed by atoms with Crippen LogP contribution < -0.4 is 0 Å². The molecule has 2 rings (SSSR count). The van der Waals surface area contributed by atoms with Gasteiger partial charge in [0.1, 0.15) is 9.84 Å². The highest BCUT2D eigenvalue weighted by Crippen LogP contribution is 2.23. The van der Waals surface area contributed by atoms with E-state index in [0.29, 0.717) is 16.9 Å². The number of aromatic nitrogens is 2. The van der Waals surface area contributed by atoms with Crippen molar-refractivity contribution >= 4 is 21.6 Å². The van der Waals surface area contributed by atoms with Crippen molar-refractivity contribution in [1.82, 2.24) is 10.2 Å². The molecule has 0 spiro atoms. The zero-order chi connectivity index (χ0) is 13.9. The van der Waals surface area contributed by atoms with Crippen molar-refractivity contribution in [2.45, 2.75) is 12.1 Å². The molecule has 0 saturated carbocycles. The molecule has 0 aliphatic carbocycles. The molecule has 0 N–H and O–H groups in total. The molecule has 0 atom stereocenters. The summed E-state index contributed by atoms with van der Waals surface area (Å²) < 4.78 is 27.5. The minimum Gasteiger partial charge on any atom is -0.411 e. The van der Waals surface area contributed by atoms with Gasteiger partial charge in [-0.05, 0) is 19.1 Å². The molecule has 102 valence electrons.